The molecular formula is C18H13Cl3N2O2S. The molecule has 0 aliphatic carbocycles. The van der Waals surface area contributed by atoms with Gasteiger partial charge >= 0.3 is 0 Å². The molecule has 2 aromatic carbocycles. The van der Waals surface area contributed by atoms with E-state index in [0.29, 0.717) is 42.1 Å². The van der Waals surface area contributed by atoms with Gasteiger partial charge in [0, 0.05) is 5.02 Å². The molecule has 0 unspecified atom stereocenters. The molecule has 0 spiro atoms. The van der Waals surface area contributed by atoms with E-state index in [1.165, 1.54) is 18.9 Å². The van der Waals surface area contributed by atoms with E-state index in [4.69, 9.17) is 39.5 Å². The summed E-state index contributed by atoms with van der Waals surface area (Å²) in [7, 11) is 1.49. The molecule has 1 aliphatic heterocycles. The van der Waals surface area contributed by atoms with Crippen LogP contribution in [0, 0.1) is 6.92 Å². The Morgan fingerprint density at radius 2 is 1.85 bits per heavy atom. The third-order valence-electron chi connectivity index (χ3n) is 3.63. The van der Waals surface area contributed by atoms with Crippen molar-refractivity contribution in [2.75, 3.05) is 7.11 Å². The number of carbonyl (C=O) groups excluding carboxylic acids is 1. The van der Waals surface area contributed by atoms with Crippen LogP contribution in [-0.2, 0) is 4.79 Å². The number of carbonyl (C=O) groups is 1. The molecule has 2 aromatic rings. The fourth-order valence-electron chi connectivity index (χ4n) is 2.32. The van der Waals surface area contributed by atoms with Crippen LogP contribution < -0.4 is 10.1 Å². The third-order valence-corrected chi connectivity index (χ3v) is 5.52. The largest absolute Gasteiger partial charge is 0.494 e. The summed E-state index contributed by atoms with van der Waals surface area (Å²) in [6, 6.07) is 8.82. The average molecular weight is 428 g/mol. The lowest BCUT2D eigenvalue weighted by atomic mass is 10.2. The van der Waals surface area contributed by atoms with Crippen LogP contribution in [0.3, 0.4) is 0 Å². The first-order valence-corrected chi connectivity index (χ1v) is 9.42. The van der Waals surface area contributed by atoms with E-state index in [2.05, 4.69) is 10.3 Å². The first-order chi connectivity index (χ1) is 12.4. The number of amidine groups is 1. The second kappa shape index (κ2) is 7.92. The van der Waals surface area contributed by atoms with E-state index < -0.39 is 0 Å². The van der Waals surface area contributed by atoms with Crippen molar-refractivity contribution in [2.45, 2.75) is 6.92 Å². The zero-order chi connectivity index (χ0) is 18.8. The predicted molar refractivity (Wildman–Crippen MR) is 110 cm³/mol. The topological polar surface area (TPSA) is 50.7 Å². The van der Waals surface area contributed by atoms with E-state index in [1.54, 1.807) is 24.3 Å². The summed E-state index contributed by atoms with van der Waals surface area (Å²) in [5.41, 5.74) is 2.25. The number of methoxy groups -OCH3 is 1. The maximum atomic E-state index is 12.2. The summed E-state index contributed by atoms with van der Waals surface area (Å²) in [5.74, 6) is 0.161. The van der Waals surface area contributed by atoms with E-state index in [-0.39, 0.29) is 5.91 Å². The van der Waals surface area contributed by atoms with Gasteiger partial charge in [-0.25, -0.2) is 4.99 Å². The molecule has 0 saturated carbocycles. The van der Waals surface area contributed by atoms with Gasteiger partial charge in [0.1, 0.15) is 0 Å². The number of nitrogens with one attached hydrogen (secondary N) is 1. The van der Waals surface area contributed by atoms with Gasteiger partial charge in [0.05, 0.1) is 27.7 Å². The summed E-state index contributed by atoms with van der Waals surface area (Å²) < 4.78 is 5.13. The van der Waals surface area contributed by atoms with Crippen LogP contribution in [0.5, 0.6) is 5.75 Å². The number of hydrogen-bond acceptors (Lipinski definition) is 4. The van der Waals surface area contributed by atoms with Crippen molar-refractivity contribution in [1.82, 2.24) is 5.32 Å². The van der Waals surface area contributed by atoms with E-state index in [0.717, 1.165) is 5.56 Å². The Balaban J connectivity index is 1.89. The number of amides is 1. The smallest absolute Gasteiger partial charge is 0.264 e. The van der Waals surface area contributed by atoms with Crippen molar-refractivity contribution in [2.24, 2.45) is 4.99 Å². The van der Waals surface area contributed by atoms with Crippen LogP contribution in [0.4, 0.5) is 5.69 Å². The van der Waals surface area contributed by atoms with Crippen LogP contribution in [0.1, 0.15) is 11.1 Å². The van der Waals surface area contributed by atoms with Gasteiger partial charge in [-0.15, -0.1) is 0 Å². The fourth-order valence-corrected chi connectivity index (χ4v) is 3.98. The van der Waals surface area contributed by atoms with Crippen LogP contribution >= 0.6 is 46.6 Å². The molecule has 3 rings (SSSR count). The first-order valence-electron chi connectivity index (χ1n) is 7.46. The Morgan fingerprint density at radius 3 is 2.50 bits per heavy atom. The Labute approximate surface area is 170 Å². The number of benzene rings is 2. The molecule has 4 nitrogen and oxygen atoms in total. The van der Waals surface area contributed by atoms with E-state index in [9.17, 15) is 4.79 Å². The van der Waals surface area contributed by atoms with Gasteiger partial charge in [-0.05, 0) is 60.2 Å². The van der Waals surface area contributed by atoms with Gasteiger partial charge in [0.2, 0.25) is 0 Å². The minimum absolute atomic E-state index is 0.239. The Hall–Kier alpha value is -1.66. The molecule has 1 saturated heterocycles. The normalized spacial score (nSPS) is 17.0. The molecule has 1 heterocycles. The Bertz CT molecular complexity index is 934. The van der Waals surface area contributed by atoms with Crippen LogP contribution in [0.25, 0.3) is 6.08 Å². The highest BCUT2D eigenvalue weighted by molar-refractivity contribution is 8.18. The van der Waals surface area contributed by atoms with Crippen molar-refractivity contribution < 1.29 is 9.53 Å². The van der Waals surface area contributed by atoms with Crippen molar-refractivity contribution >= 4 is 69.4 Å². The number of rotatable bonds is 3. The summed E-state index contributed by atoms with van der Waals surface area (Å²) in [5, 5.41) is 4.60. The van der Waals surface area contributed by atoms with Crippen molar-refractivity contribution in [1.29, 1.82) is 0 Å². The van der Waals surface area contributed by atoms with Gasteiger partial charge in [-0.1, -0.05) is 40.9 Å². The second-order valence-corrected chi connectivity index (χ2v) is 7.64. The number of nitrogens with zero attached hydrogens (tertiary/aromatic N) is 1. The molecule has 1 fully saturated rings. The molecule has 0 aromatic heterocycles. The molecular weight excluding hydrogens is 415 g/mol. The van der Waals surface area contributed by atoms with Crippen LogP contribution in [-0.4, -0.2) is 18.2 Å². The number of ether oxygens (including phenoxy) is 1. The van der Waals surface area contributed by atoms with Crippen LogP contribution in [0.2, 0.25) is 15.1 Å². The molecule has 26 heavy (non-hydrogen) atoms. The zero-order valence-corrected chi connectivity index (χ0v) is 16.9. The van der Waals surface area contributed by atoms with Gasteiger partial charge in [-0.3, -0.25) is 4.79 Å². The highest BCUT2D eigenvalue weighted by atomic mass is 35.5. The number of halogens is 3. The quantitative estimate of drug-likeness (QED) is 0.625. The van der Waals surface area contributed by atoms with Gasteiger partial charge in [0.25, 0.3) is 5.91 Å². The second-order valence-electron chi connectivity index (χ2n) is 5.38. The number of aliphatic imine (C=N–C) groups is 1. The molecule has 1 amide bonds. The Kier molecular flexibility index (Phi) is 5.82. The molecule has 0 atom stereocenters. The minimum Gasteiger partial charge on any atom is -0.494 e. The third kappa shape index (κ3) is 4.01. The summed E-state index contributed by atoms with van der Waals surface area (Å²) >= 11 is 19.6. The number of hydrogen-bond donors (Lipinski definition) is 1. The van der Waals surface area contributed by atoms with Crippen LogP contribution in [0.15, 0.2) is 40.2 Å². The molecule has 0 bridgehead atoms. The van der Waals surface area contributed by atoms with Crippen molar-refractivity contribution in [3.8, 4) is 5.75 Å². The first kappa shape index (κ1) is 19.1. The highest BCUT2D eigenvalue weighted by Crippen LogP contribution is 2.36. The van der Waals surface area contributed by atoms with E-state index in [1.807, 2.05) is 19.1 Å². The lowest BCUT2D eigenvalue weighted by Crippen LogP contribution is -2.19. The minimum atomic E-state index is -0.239. The van der Waals surface area contributed by atoms with Crippen molar-refractivity contribution in [3.63, 3.8) is 0 Å². The summed E-state index contributed by atoms with van der Waals surface area (Å²) in [4.78, 5) is 17.2. The molecule has 8 heteroatoms. The monoisotopic (exact) mass is 426 g/mol. The maximum Gasteiger partial charge on any atom is 0.264 e. The average Bonchev–Trinajstić information content (AvgIpc) is 2.91. The molecule has 134 valence electrons. The lowest BCUT2D eigenvalue weighted by Gasteiger charge is -2.06. The van der Waals surface area contributed by atoms with Gasteiger partial charge in [0.15, 0.2) is 10.9 Å². The maximum absolute atomic E-state index is 12.2. The van der Waals surface area contributed by atoms with Gasteiger partial charge in [-0.2, -0.15) is 0 Å². The lowest BCUT2D eigenvalue weighted by molar-refractivity contribution is -0.115. The van der Waals surface area contributed by atoms with Crippen molar-refractivity contribution in [3.05, 3.63) is 61.4 Å². The van der Waals surface area contributed by atoms with E-state index >= 15 is 0 Å². The summed E-state index contributed by atoms with van der Waals surface area (Å²) in [6.07, 6.45) is 1.70. The highest BCUT2D eigenvalue weighted by Gasteiger charge is 2.24. The molecule has 1 N–H and O–H groups in total. The summed E-state index contributed by atoms with van der Waals surface area (Å²) in [6.45, 7) is 1.88. The SMILES string of the molecule is COc1c(Cl)cc(/C=C2/SC(=Nc3cccc(Cl)c3C)NC2=O)cc1Cl. The predicted octanol–water partition coefficient (Wildman–Crippen LogP) is 5.86. The van der Waals surface area contributed by atoms with Gasteiger partial charge < -0.3 is 10.1 Å². The zero-order valence-electron chi connectivity index (χ0n) is 13.8. The molecule has 1 aliphatic rings. The number of thioether (sulfide) groups is 1. The standard InChI is InChI=1S/C18H13Cl3N2O2S/c1-9-11(19)4-3-5-14(9)22-18-23-17(24)15(26-18)8-10-6-12(20)16(25-2)13(21)7-10/h3-8H,1-2H3,(H,22,23,24)/b15-8+. The molecule has 0 radical (unpaired) electrons. The fraction of sp³-hybridized carbons (Fsp3) is 0.111. The Morgan fingerprint density at radius 1 is 1.15 bits per heavy atom.